The van der Waals surface area contributed by atoms with Gasteiger partial charge in [-0.05, 0) is 36.0 Å². The molecular weight excluding hydrogens is 322 g/mol. The Morgan fingerprint density at radius 2 is 1.77 bits per heavy atom. The molecule has 0 amide bonds. The van der Waals surface area contributed by atoms with Crippen molar-refractivity contribution in [3.05, 3.63) is 76.9 Å². The third-order valence-electron chi connectivity index (χ3n) is 4.45. The van der Waals surface area contributed by atoms with Crippen molar-refractivity contribution in [3.8, 4) is 0 Å². The quantitative estimate of drug-likeness (QED) is 0.863. The molecule has 1 unspecified atom stereocenters. The fourth-order valence-electron chi connectivity index (χ4n) is 3.32. The first-order chi connectivity index (χ1) is 12.5. The lowest BCUT2D eigenvalue weighted by atomic mass is 9.90. The van der Waals surface area contributed by atoms with Gasteiger partial charge in [0.1, 0.15) is 6.04 Å². The second-order valence-corrected chi connectivity index (χ2v) is 7.09. The summed E-state index contributed by atoms with van der Waals surface area (Å²) in [7, 11) is 0. The molecule has 0 aromatic heterocycles. The number of aliphatic imine (C=N–C) groups is 1. The second-order valence-electron chi connectivity index (χ2n) is 7.09. The average Bonchev–Trinajstić information content (AvgIpc) is 2.61. The number of carbonyl (C=O) groups excluding carboxylic acids is 1. The van der Waals surface area contributed by atoms with Gasteiger partial charge in [0.05, 0.1) is 5.70 Å². The van der Waals surface area contributed by atoms with Crippen molar-refractivity contribution in [1.82, 2.24) is 5.32 Å². The van der Waals surface area contributed by atoms with E-state index in [-0.39, 0.29) is 5.78 Å². The van der Waals surface area contributed by atoms with E-state index in [4.69, 9.17) is 5.73 Å². The summed E-state index contributed by atoms with van der Waals surface area (Å²) in [6.07, 6.45) is 1.03. The lowest BCUT2D eigenvalue weighted by Gasteiger charge is -2.26. The smallest absolute Gasteiger partial charge is 0.194 e. The van der Waals surface area contributed by atoms with Crippen LogP contribution in [0, 0.1) is 5.92 Å². The third kappa shape index (κ3) is 3.85. The monoisotopic (exact) mass is 347 g/mol. The Labute approximate surface area is 154 Å². The van der Waals surface area contributed by atoms with Crippen LogP contribution in [0.2, 0.25) is 0 Å². The van der Waals surface area contributed by atoms with E-state index in [0.29, 0.717) is 17.5 Å². The number of Topliss-reactive ketones (excluding diaryl/α,β-unsaturated/α-hetero) is 1. The molecule has 1 aliphatic rings. The van der Waals surface area contributed by atoms with E-state index in [1.807, 2.05) is 30.3 Å². The van der Waals surface area contributed by atoms with E-state index >= 15 is 0 Å². The van der Waals surface area contributed by atoms with Gasteiger partial charge in [0.2, 0.25) is 0 Å². The third-order valence-corrected chi connectivity index (χ3v) is 4.45. The van der Waals surface area contributed by atoms with Crippen LogP contribution in [0.5, 0.6) is 0 Å². The topological polar surface area (TPSA) is 67.5 Å². The highest BCUT2D eigenvalue weighted by molar-refractivity contribution is 6.06. The minimum absolute atomic E-state index is 0.0103. The van der Waals surface area contributed by atoms with Crippen molar-refractivity contribution < 1.29 is 4.79 Å². The lowest BCUT2D eigenvalue weighted by Crippen LogP contribution is -2.36. The summed E-state index contributed by atoms with van der Waals surface area (Å²) >= 11 is 0. The number of hydrogen-bond acceptors (Lipinski definition) is 4. The van der Waals surface area contributed by atoms with Crippen molar-refractivity contribution in [2.24, 2.45) is 16.6 Å². The molecule has 1 aliphatic heterocycles. The van der Waals surface area contributed by atoms with E-state index in [9.17, 15) is 4.79 Å². The molecule has 3 N–H and O–H groups in total. The first-order valence-corrected chi connectivity index (χ1v) is 8.95. The Morgan fingerprint density at radius 1 is 1.12 bits per heavy atom. The van der Waals surface area contributed by atoms with Crippen molar-refractivity contribution in [2.45, 2.75) is 33.2 Å². The van der Waals surface area contributed by atoms with E-state index in [0.717, 1.165) is 23.2 Å². The number of nitrogens with zero attached hydrogens (tertiary/aromatic N) is 1. The molecule has 0 spiro atoms. The predicted octanol–water partition coefficient (Wildman–Crippen LogP) is 3.84. The van der Waals surface area contributed by atoms with E-state index < -0.39 is 6.04 Å². The lowest BCUT2D eigenvalue weighted by molar-refractivity contribution is -0.113. The highest BCUT2D eigenvalue weighted by atomic mass is 16.1. The molecule has 4 nitrogen and oxygen atoms in total. The van der Waals surface area contributed by atoms with Gasteiger partial charge in [0.15, 0.2) is 11.7 Å². The largest absolute Gasteiger partial charge is 0.370 e. The number of guanidine groups is 1. The number of benzene rings is 2. The van der Waals surface area contributed by atoms with E-state index in [1.54, 1.807) is 6.92 Å². The second kappa shape index (κ2) is 7.56. The summed E-state index contributed by atoms with van der Waals surface area (Å²) < 4.78 is 0. The molecular formula is C22H25N3O. The molecule has 4 heteroatoms. The number of nitrogens with two attached hydrogens (primary N) is 1. The van der Waals surface area contributed by atoms with Crippen molar-refractivity contribution in [3.63, 3.8) is 0 Å². The summed E-state index contributed by atoms with van der Waals surface area (Å²) in [5, 5.41) is 3.09. The van der Waals surface area contributed by atoms with Gasteiger partial charge in [-0.1, -0.05) is 68.4 Å². The summed E-state index contributed by atoms with van der Waals surface area (Å²) in [6, 6.07) is 17.7. The van der Waals surface area contributed by atoms with Crippen LogP contribution in [0.25, 0.3) is 5.70 Å². The predicted molar refractivity (Wildman–Crippen MR) is 107 cm³/mol. The zero-order valence-corrected chi connectivity index (χ0v) is 15.5. The summed E-state index contributed by atoms with van der Waals surface area (Å²) in [5.41, 5.74) is 10.6. The molecule has 0 saturated carbocycles. The average molecular weight is 347 g/mol. The minimum Gasteiger partial charge on any atom is -0.370 e. The molecule has 1 heterocycles. The molecule has 2 aromatic rings. The number of carbonyl (C=O) groups is 1. The van der Waals surface area contributed by atoms with Gasteiger partial charge in [-0.3, -0.25) is 4.79 Å². The number of nitrogens with one attached hydrogen (secondary N) is 1. The van der Waals surface area contributed by atoms with Crippen LogP contribution >= 0.6 is 0 Å². The number of hydrogen-bond donors (Lipinski definition) is 2. The molecule has 0 fully saturated rings. The molecule has 134 valence electrons. The molecule has 0 aliphatic carbocycles. The van der Waals surface area contributed by atoms with E-state index in [1.165, 1.54) is 5.56 Å². The normalized spacial score (nSPS) is 17.1. The van der Waals surface area contributed by atoms with Gasteiger partial charge in [0.25, 0.3) is 0 Å². The highest BCUT2D eigenvalue weighted by Crippen LogP contribution is 2.34. The molecule has 3 rings (SSSR count). The maximum atomic E-state index is 12.5. The summed E-state index contributed by atoms with van der Waals surface area (Å²) in [6.45, 7) is 5.99. The van der Waals surface area contributed by atoms with Crippen molar-refractivity contribution >= 4 is 17.4 Å². The van der Waals surface area contributed by atoms with Crippen LogP contribution in [0.1, 0.15) is 43.5 Å². The molecule has 0 radical (unpaired) electrons. The van der Waals surface area contributed by atoms with Gasteiger partial charge in [0, 0.05) is 5.57 Å². The SMILES string of the molecule is CC(=O)C1=C(c2ccccc2)NC(N)=NC1c1ccc(CC(C)C)cc1. The van der Waals surface area contributed by atoms with Crippen molar-refractivity contribution in [1.29, 1.82) is 0 Å². The standard InChI is InChI=1S/C22H25N3O/c1-14(2)13-16-9-11-18(12-10-16)21-19(15(3)26)20(24-22(23)25-21)17-7-5-4-6-8-17/h4-12,14,21H,13H2,1-3H3,(H3,23,24,25). The van der Waals surface area contributed by atoms with Gasteiger partial charge >= 0.3 is 0 Å². The number of ketones is 1. The fourth-order valence-corrected chi connectivity index (χ4v) is 3.32. The van der Waals surface area contributed by atoms with Gasteiger partial charge in [-0.15, -0.1) is 0 Å². The Balaban J connectivity index is 2.05. The zero-order chi connectivity index (χ0) is 18.7. The first-order valence-electron chi connectivity index (χ1n) is 8.95. The van der Waals surface area contributed by atoms with Gasteiger partial charge < -0.3 is 11.1 Å². The fraction of sp³-hybridized carbons (Fsp3) is 0.273. The Morgan fingerprint density at radius 3 is 2.35 bits per heavy atom. The van der Waals surface area contributed by atoms with Crippen LogP contribution in [0.3, 0.4) is 0 Å². The molecule has 2 aromatic carbocycles. The number of rotatable bonds is 5. The van der Waals surface area contributed by atoms with Crippen LogP contribution in [-0.4, -0.2) is 11.7 Å². The highest BCUT2D eigenvalue weighted by Gasteiger charge is 2.28. The van der Waals surface area contributed by atoms with Gasteiger partial charge in [-0.25, -0.2) is 4.99 Å². The van der Waals surface area contributed by atoms with Gasteiger partial charge in [-0.2, -0.15) is 0 Å². The van der Waals surface area contributed by atoms with Crippen LogP contribution < -0.4 is 11.1 Å². The van der Waals surface area contributed by atoms with Crippen LogP contribution in [0.15, 0.2) is 65.2 Å². The maximum absolute atomic E-state index is 12.5. The van der Waals surface area contributed by atoms with Crippen LogP contribution in [0.4, 0.5) is 0 Å². The summed E-state index contributed by atoms with van der Waals surface area (Å²) in [5.74, 6) is 0.916. The molecule has 0 saturated heterocycles. The Bertz CT molecular complexity index is 849. The first kappa shape index (κ1) is 17.9. The van der Waals surface area contributed by atoms with Crippen molar-refractivity contribution in [2.75, 3.05) is 0 Å². The zero-order valence-electron chi connectivity index (χ0n) is 15.5. The molecule has 1 atom stereocenters. The summed E-state index contributed by atoms with van der Waals surface area (Å²) in [4.78, 5) is 17.0. The molecule has 0 bridgehead atoms. The molecule has 26 heavy (non-hydrogen) atoms. The Kier molecular flexibility index (Phi) is 5.21. The van der Waals surface area contributed by atoms with E-state index in [2.05, 4.69) is 48.4 Å². The van der Waals surface area contributed by atoms with Crippen LogP contribution in [-0.2, 0) is 11.2 Å². The minimum atomic E-state index is -0.392. The Hall–Kier alpha value is -2.88. The maximum Gasteiger partial charge on any atom is 0.194 e.